The molecule has 3 rings (SSSR count). The van der Waals surface area contributed by atoms with E-state index in [1.165, 1.54) is 6.07 Å². The number of pyridine rings is 1. The molecule has 1 N–H and O–H groups in total. The first-order chi connectivity index (χ1) is 9.65. The number of phenols is 1. The Kier molecular flexibility index (Phi) is 3.03. The van der Waals surface area contributed by atoms with Crippen molar-refractivity contribution in [2.75, 3.05) is 0 Å². The lowest BCUT2D eigenvalue weighted by Gasteiger charge is -2.09. The van der Waals surface area contributed by atoms with Gasteiger partial charge in [-0.3, -0.25) is 0 Å². The lowest BCUT2D eigenvalue weighted by molar-refractivity contribution is 0.442. The number of aromatic hydroxyl groups is 1. The third-order valence-corrected chi connectivity index (χ3v) is 3.39. The topological polar surface area (TPSA) is 66.1 Å². The molecule has 1 aliphatic carbocycles. The van der Waals surface area contributed by atoms with Crippen LogP contribution in [-0.2, 0) is 12.8 Å². The molecule has 0 spiro atoms. The van der Waals surface area contributed by atoms with E-state index < -0.39 is 0 Å². The summed E-state index contributed by atoms with van der Waals surface area (Å²) in [5.74, 6) is 0.947. The second kappa shape index (κ2) is 4.86. The molecule has 0 fully saturated rings. The molecule has 4 heteroatoms. The summed E-state index contributed by atoms with van der Waals surface area (Å²) in [6.07, 6.45) is 2.97. The summed E-state index contributed by atoms with van der Waals surface area (Å²) in [4.78, 5) is 4.45. The molecule has 2 aromatic rings. The van der Waals surface area contributed by atoms with E-state index in [4.69, 9.17) is 4.74 Å². The normalized spacial score (nSPS) is 12.8. The predicted octanol–water partition coefficient (Wildman–Crippen LogP) is 3.25. The minimum atomic E-state index is 0.139. The number of aromatic nitrogens is 1. The van der Waals surface area contributed by atoms with Crippen LogP contribution < -0.4 is 4.74 Å². The summed E-state index contributed by atoms with van der Waals surface area (Å²) in [6.45, 7) is 1.87. The molecule has 0 unspecified atom stereocenters. The van der Waals surface area contributed by atoms with Gasteiger partial charge in [0.05, 0.1) is 0 Å². The van der Waals surface area contributed by atoms with Gasteiger partial charge in [-0.25, -0.2) is 4.98 Å². The molecule has 1 aromatic heterocycles. The van der Waals surface area contributed by atoms with E-state index in [2.05, 4.69) is 11.1 Å². The van der Waals surface area contributed by atoms with E-state index in [1.807, 2.05) is 13.0 Å². The van der Waals surface area contributed by atoms with Gasteiger partial charge >= 0.3 is 0 Å². The van der Waals surface area contributed by atoms with Gasteiger partial charge in [0.1, 0.15) is 23.1 Å². The lowest BCUT2D eigenvalue weighted by atomic mass is 10.1. The number of hydrogen-bond acceptors (Lipinski definition) is 4. The molecule has 20 heavy (non-hydrogen) atoms. The zero-order chi connectivity index (χ0) is 14.1. The third kappa shape index (κ3) is 2.30. The summed E-state index contributed by atoms with van der Waals surface area (Å²) in [5.41, 5.74) is 3.48. The average molecular weight is 266 g/mol. The number of phenolic OH excluding ortho intramolecular Hbond substituents is 1. The van der Waals surface area contributed by atoms with E-state index >= 15 is 0 Å². The fourth-order valence-electron chi connectivity index (χ4n) is 2.51. The molecule has 0 atom stereocenters. The number of fused-ring (bicyclic) bond motifs is 1. The molecule has 1 aromatic carbocycles. The molecule has 0 saturated heterocycles. The number of ether oxygens (including phenoxy) is 1. The number of benzene rings is 1. The molecule has 0 radical (unpaired) electrons. The van der Waals surface area contributed by atoms with E-state index in [0.29, 0.717) is 17.2 Å². The first-order valence-corrected chi connectivity index (χ1v) is 6.57. The zero-order valence-electron chi connectivity index (χ0n) is 11.2. The Morgan fingerprint density at radius 2 is 2.10 bits per heavy atom. The lowest BCUT2D eigenvalue weighted by Crippen LogP contribution is -1.97. The average Bonchev–Trinajstić information content (AvgIpc) is 2.83. The highest BCUT2D eigenvalue weighted by molar-refractivity contribution is 5.47. The fourth-order valence-corrected chi connectivity index (χ4v) is 2.51. The number of hydrogen-bond donors (Lipinski definition) is 1. The quantitative estimate of drug-likeness (QED) is 0.906. The highest BCUT2D eigenvalue weighted by Crippen LogP contribution is 2.31. The molecule has 100 valence electrons. The van der Waals surface area contributed by atoms with Gasteiger partial charge in [0.15, 0.2) is 0 Å². The monoisotopic (exact) mass is 266 g/mol. The van der Waals surface area contributed by atoms with Crippen LogP contribution in [0.1, 0.15) is 28.8 Å². The SMILES string of the molecule is Cc1cc(O)cc(Oc2nc3c(cc2C#N)CCC3)c1. The Morgan fingerprint density at radius 3 is 2.85 bits per heavy atom. The van der Waals surface area contributed by atoms with Crippen LogP contribution in [0, 0.1) is 18.3 Å². The van der Waals surface area contributed by atoms with Crippen LogP contribution in [0.25, 0.3) is 0 Å². The standard InChI is InChI=1S/C16H14N2O2/c1-10-5-13(19)8-14(6-10)20-16-12(9-17)7-11-3-2-4-15(11)18-16/h5-8,19H,2-4H2,1H3. The van der Waals surface area contributed by atoms with Crippen molar-refractivity contribution >= 4 is 0 Å². The maximum Gasteiger partial charge on any atom is 0.237 e. The van der Waals surface area contributed by atoms with Gasteiger partial charge in [-0.1, -0.05) is 0 Å². The Bertz CT molecular complexity index is 697. The number of nitrogens with zero attached hydrogens (tertiary/aromatic N) is 2. The molecular formula is C16H14N2O2. The van der Waals surface area contributed by atoms with Crippen molar-refractivity contribution in [2.24, 2.45) is 0 Å². The molecule has 1 aliphatic rings. The van der Waals surface area contributed by atoms with Crippen LogP contribution >= 0.6 is 0 Å². The van der Waals surface area contributed by atoms with Crippen molar-refractivity contribution in [3.05, 3.63) is 46.6 Å². The highest BCUT2D eigenvalue weighted by atomic mass is 16.5. The largest absolute Gasteiger partial charge is 0.508 e. The van der Waals surface area contributed by atoms with Crippen LogP contribution in [-0.4, -0.2) is 10.1 Å². The first-order valence-electron chi connectivity index (χ1n) is 6.57. The molecule has 0 amide bonds. The zero-order valence-corrected chi connectivity index (χ0v) is 11.2. The molecule has 1 heterocycles. The van der Waals surface area contributed by atoms with Crippen LogP contribution in [0.3, 0.4) is 0 Å². The second-order valence-electron chi connectivity index (χ2n) is 5.02. The van der Waals surface area contributed by atoms with Gasteiger partial charge < -0.3 is 9.84 Å². The molecule has 0 aliphatic heterocycles. The van der Waals surface area contributed by atoms with Crippen molar-refractivity contribution in [1.29, 1.82) is 5.26 Å². The number of nitriles is 1. The van der Waals surface area contributed by atoms with Crippen LogP contribution in [0.2, 0.25) is 0 Å². The summed E-state index contributed by atoms with van der Waals surface area (Å²) in [6, 6.07) is 8.95. The van der Waals surface area contributed by atoms with Crippen LogP contribution in [0.4, 0.5) is 0 Å². The second-order valence-corrected chi connectivity index (χ2v) is 5.02. The Morgan fingerprint density at radius 1 is 1.25 bits per heavy atom. The van der Waals surface area contributed by atoms with Crippen molar-refractivity contribution < 1.29 is 9.84 Å². The van der Waals surface area contributed by atoms with Crippen molar-refractivity contribution in [3.63, 3.8) is 0 Å². The smallest absolute Gasteiger partial charge is 0.237 e. The van der Waals surface area contributed by atoms with Gasteiger partial charge in [0, 0.05) is 11.8 Å². The Hall–Kier alpha value is -2.54. The molecule has 0 saturated carbocycles. The minimum absolute atomic E-state index is 0.139. The van der Waals surface area contributed by atoms with Crippen molar-refractivity contribution in [1.82, 2.24) is 4.98 Å². The maximum atomic E-state index is 9.59. The van der Waals surface area contributed by atoms with Crippen molar-refractivity contribution in [3.8, 4) is 23.4 Å². The molecule has 0 bridgehead atoms. The van der Waals surface area contributed by atoms with Gasteiger partial charge in [-0.05, 0) is 55.5 Å². The summed E-state index contributed by atoms with van der Waals surface area (Å²) >= 11 is 0. The maximum absolute atomic E-state index is 9.59. The first kappa shape index (κ1) is 12.5. The van der Waals surface area contributed by atoms with E-state index in [-0.39, 0.29) is 5.75 Å². The fraction of sp³-hybridized carbons (Fsp3) is 0.250. The van der Waals surface area contributed by atoms with Crippen LogP contribution in [0.5, 0.6) is 17.4 Å². The van der Waals surface area contributed by atoms with Crippen LogP contribution in [0.15, 0.2) is 24.3 Å². The highest BCUT2D eigenvalue weighted by Gasteiger charge is 2.17. The Balaban J connectivity index is 2.00. The third-order valence-electron chi connectivity index (χ3n) is 3.39. The van der Waals surface area contributed by atoms with Crippen molar-refractivity contribution in [2.45, 2.75) is 26.2 Å². The number of rotatable bonds is 2. The Labute approximate surface area is 117 Å². The van der Waals surface area contributed by atoms with Gasteiger partial charge in [0.25, 0.3) is 0 Å². The molecule has 4 nitrogen and oxygen atoms in total. The summed E-state index contributed by atoms with van der Waals surface area (Å²) in [7, 11) is 0. The van der Waals surface area contributed by atoms with E-state index in [0.717, 1.165) is 36.1 Å². The van der Waals surface area contributed by atoms with Gasteiger partial charge in [-0.15, -0.1) is 0 Å². The van der Waals surface area contributed by atoms with E-state index in [1.54, 1.807) is 12.1 Å². The molecular weight excluding hydrogens is 252 g/mol. The number of aryl methyl sites for hydroxylation is 3. The minimum Gasteiger partial charge on any atom is -0.508 e. The van der Waals surface area contributed by atoms with Gasteiger partial charge in [-0.2, -0.15) is 5.26 Å². The summed E-state index contributed by atoms with van der Waals surface area (Å²) < 4.78 is 5.69. The summed E-state index contributed by atoms with van der Waals surface area (Å²) in [5, 5.41) is 18.8. The van der Waals surface area contributed by atoms with Gasteiger partial charge in [0.2, 0.25) is 5.88 Å². The van der Waals surface area contributed by atoms with E-state index in [9.17, 15) is 10.4 Å². The predicted molar refractivity (Wildman–Crippen MR) is 73.9 cm³/mol.